The van der Waals surface area contributed by atoms with Crippen LogP contribution in [0.2, 0.25) is 0 Å². The largest absolute Gasteiger partial charge is 0.390 e. The molecule has 0 radical (unpaired) electrons. The monoisotopic (exact) mass is 249 g/mol. The van der Waals surface area contributed by atoms with E-state index in [9.17, 15) is 10.2 Å². The Bertz CT molecular complexity index is 642. The van der Waals surface area contributed by atoms with Gasteiger partial charge in [0.2, 0.25) is 0 Å². The molecular weight excluding hydrogens is 238 g/mol. The van der Waals surface area contributed by atoms with Gasteiger partial charge in [-0.05, 0) is 0 Å². The summed E-state index contributed by atoms with van der Waals surface area (Å²) in [6.07, 6.45) is -0.912. The molecule has 0 aliphatic carbocycles. The van der Waals surface area contributed by atoms with Gasteiger partial charge in [0.05, 0.1) is 6.10 Å². The van der Waals surface area contributed by atoms with Crippen LogP contribution in [-0.4, -0.2) is 41.9 Å². The molecule has 8 nitrogen and oxygen atoms in total. The minimum absolute atomic E-state index is 0.269. The van der Waals surface area contributed by atoms with Gasteiger partial charge in [-0.25, -0.2) is 15.0 Å². The van der Waals surface area contributed by atoms with E-state index >= 15 is 0 Å². The summed E-state index contributed by atoms with van der Waals surface area (Å²) in [6.45, 7) is 0. The molecule has 1 unspecified atom stereocenters. The van der Waals surface area contributed by atoms with Crippen molar-refractivity contribution in [1.82, 2.24) is 19.5 Å². The molecule has 2 aromatic heterocycles. The number of hydrogen-bond acceptors (Lipinski definition) is 7. The summed E-state index contributed by atoms with van der Waals surface area (Å²) in [7, 11) is 0. The van der Waals surface area contributed by atoms with Gasteiger partial charge in [-0.3, -0.25) is 4.57 Å². The molecule has 4 N–H and O–H groups in total. The maximum atomic E-state index is 10.2. The highest BCUT2D eigenvalue weighted by Gasteiger charge is 2.47. The van der Waals surface area contributed by atoms with E-state index in [2.05, 4.69) is 15.0 Å². The average Bonchev–Trinajstić information content (AvgIpc) is 2.88. The van der Waals surface area contributed by atoms with Gasteiger partial charge in [0.15, 0.2) is 17.0 Å². The summed E-state index contributed by atoms with van der Waals surface area (Å²) in [5, 5.41) is 20.0. The Morgan fingerprint density at radius 1 is 1.39 bits per heavy atom. The molecular formula is C10H11N5O3. The summed E-state index contributed by atoms with van der Waals surface area (Å²) >= 11 is 0. The van der Waals surface area contributed by atoms with Gasteiger partial charge in [0, 0.05) is 6.42 Å². The van der Waals surface area contributed by atoms with E-state index in [1.165, 1.54) is 6.33 Å². The van der Waals surface area contributed by atoms with Crippen LogP contribution in [0.25, 0.3) is 11.2 Å². The second kappa shape index (κ2) is 3.16. The molecule has 0 saturated carbocycles. The molecule has 2 aliphatic heterocycles. The number of hydrogen-bond donors (Lipinski definition) is 3. The maximum absolute atomic E-state index is 10.2. The van der Waals surface area contributed by atoms with Crippen LogP contribution >= 0.6 is 0 Å². The first-order chi connectivity index (χ1) is 8.66. The maximum Gasteiger partial charge on any atom is 0.167 e. The molecule has 2 bridgehead atoms. The summed E-state index contributed by atoms with van der Waals surface area (Å²) < 4.78 is 7.26. The van der Waals surface area contributed by atoms with E-state index in [0.717, 1.165) is 0 Å². The molecule has 4 heterocycles. The topological polar surface area (TPSA) is 119 Å². The Labute approximate surface area is 101 Å². The first-order valence-corrected chi connectivity index (χ1v) is 5.66. The zero-order valence-electron chi connectivity index (χ0n) is 9.26. The van der Waals surface area contributed by atoms with Crippen LogP contribution in [-0.2, 0) is 4.74 Å². The first kappa shape index (κ1) is 10.2. The summed E-state index contributed by atoms with van der Waals surface area (Å²) in [5.41, 5.74) is 6.72. The van der Waals surface area contributed by atoms with Gasteiger partial charge in [0.25, 0.3) is 0 Å². The number of nitrogens with two attached hydrogens (primary N) is 1. The molecule has 1 fully saturated rings. The molecule has 8 heteroatoms. The predicted molar refractivity (Wildman–Crippen MR) is 59.2 cm³/mol. The molecule has 1 saturated heterocycles. The van der Waals surface area contributed by atoms with Gasteiger partial charge < -0.3 is 20.7 Å². The van der Waals surface area contributed by atoms with Gasteiger partial charge >= 0.3 is 0 Å². The lowest BCUT2D eigenvalue weighted by atomic mass is 10.1. The van der Waals surface area contributed by atoms with Crippen molar-refractivity contribution >= 4 is 17.0 Å². The molecule has 0 aromatic carbocycles. The Morgan fingerprint density at radius 2 is 2.22 bits per heavy atom. The minimum atomic E-state index is -0.979. The SMILES string of the molecule is Nc1ncnc2c1nc1n2[C@H]2C[C@@H](O)[C@H](O2)C1O. The van der Waals surface area contributed by atoms with Gasteiger partial charge in [-0.2, -0.15) is 0 Å². The zero-order chi connectivity index (χ0) is 12.4. The number of imidazole rings is 1. The fraction of sp³-hybridized carbons (Fsp3) is 0.500. The molecule has 2 aliphatic rings. The highest BCUT2D eigenvalue weighted by molar-refractivity contribution is 5.82. The Kier molecular flexibility index (Phi) is 1.79. The first-order valence-electron chi connectivity index (χ1n) is 5.66. The summed E-state index contributed by atoms with van der Waals surface area (Å²) in [4.78, 5) is 12.3. The van der Waals surface area contributed by atoms with E-state index in [0.29, 0.717) is 23.4 Å². The Hall–Kier alpha value is -1.77. The quantitative estimate of drug-likeness (QED) is 0.553. The molecule has 94 valence electrons. The van der Waals surface area contributed by atoms with Crippen LogP contribution in [0.1, 0.15) is 24.6 Å². The van der Waals surface area contributed by atoms with E-state index in [4.69, 9.17) is 10.5 Å². The number of nitrogens with zero attached hydrogens (tertiary/aromatic N) is 4. The number of aliphatic hydroxyl groups is 2. The highest BCUT2D eigenvalue weighted by Crippen LogP contribution is 2.43. The van der Waals surface area contributed by atoms with E-state index < -0.39 is 18.3 Å². The minimum Gasteiger partial charge on any atom is -0.390 e. The number of anilines is 1. The number of aromatic nitrogens is 4. The van der Waals surface area contributed by atoms with E-state index in [-0.39, 0.29) is 12.0 Å². The third-order valence-corrected chi connectivity index (χ3v) is 3.53. The third-order valence-electron chi connectivity index (χ3n) is 3.53. The van der Waals surface area contributed by atoms with Gasteiger partial charge in [-0.1, -0.05) is 0 Å². The van der Waals surface area contributed by atoms with E-state index in [1.807, 2.05) is 0 Å². The van der Waals surface area contributed by atoms with Gasteiger partial charge in [-0.15, -0.1) is 0 Å². The smallest absolute Gasteiger partial charge is 0.167 e. The normalized spacial score (nSPS) is 33.9. The number of fused-ring (bicyclic) bond motifs is 6. The van der Waals surface area contributed by atoms with E-state index in [1.54, 1.807) is 4.57 Å². The highest BCUT2D eigenvalue weighted by atomic mass is 16.5. The van der Waals surface area contributed by atoms with Crippen LogP contribution in [0, 0.1) is 0 Å². The standard InChI is InChI=1S/C10H11N5O3/c11-8-5-9(13-2-12-8)15-4-1-3(16)7(18-4)6(17)10(15)14-5/h2-4,6-7,16-17H,1H2,(H2,11,12,13)/t3-,4-,6?,7+/m1/s1. The molecule has 0 spiro atoms. The van der Waals surface area contributed by atoms with Crippen molar-refractivity contribution in [2.45, 2.75) is 31.0 Å². The fourth-order valence-corrected chi connectivity index (χ4v) is 2.70. The fourth-order valence-electron chi connectivity index (χ4n) is 2.70. The van der Waals surface area contributed by atoms with Crippen LogP contribution in [0.3, 0.4) is 0 Å². The van der Waals surface area contributed by atoms with Crippen molar-refractivity contribution in [1.29, 1.82) is 0 Å². The lowest BCUT2D eigenvalue weighted by molar-refractivity contribution is -0.110. The van der Waals surface area contributed by atoms with Crippen molar-refractivity contribution < 1.29 is 14.9 Å². The second-order valence-corrected chi connectivity index (χ2v) is 4.57. The van der Waals surface area contributed by atoms with Crippen molar-refractivity contribution in [2.75, 3.05) is 5.73 Å². The molecule has 4 rings (SSSR count). The van der Waals surface area contributed by atoms with Crippen molar-refractivity contribution in [3.63, 3.8) is 0 Å². The van der Waals surface area contributed by atoms with Crippen LogP contribution in [0.15, 0.2) is 6.33 Å². The molecule has 4 atom stereocenters. The number of ether oxygens (including phenoxy) is 1. The second-order valence-electron chi connectivity index (χ2n) is 4.57. The molecule has 2 aromatic rings. The average molecular weight is 249 g/mol. The third kappa shape index (κ3) is 1.07. The Morgan fingerprint density at radius 3 is 3.06 bits per heavy atom. The van der Waals surface area contributed by atoms with Crippen LogP contribution in [0.4, 0.5) is 5.82 Å². The van der Waals surface area contributed by atoms with Crippen molar-refractivity contribution in [3.05, 3.63) is 12.2 Å². The summed E-state index contributed by atoms with van der Waals surface area (Å²) in [5.74, 6) is 0.695. The van der Waals surface area contributed by atoms with Crippen molar-refractivity contribution in [2.24, 2.45) is 0 Å². The van der Waals surface area contributed by atoms with Crippen LogP contribution < -0.4 is 5.73 Å². The predicted octanol–water partition coefficient (Wildman–Crippen LogP) is -0.896. The molecule has 18 heavy (non-hydrogen) atoms. The molecule has 0 amide bonds. The van der Waals surface area contributed by atoms with Crippen molar-refractivity contribution in [3.8, 4) is 0 Å². The number of nitrogen functional groups attached to an aromatic ring is 1. The lowest BCUT2D eigenvalue weighted by Gasteiger charge is -2.27. The Balaban J connectivity index is 2.03. The lowest BCUT2D eigenvalue weighted by Crippen LogP contribution is -2.33. The summed E-state index contributed by atoms with van der Waals surface area (Å²) in [6, 6.07) is 0. The zero-order valence-corrected chi connectivity index (χ0v) is 9.26. The number of rotatable bonds is 0. The van der Waals surface area contributed by atoms with Crippen LogP contribution in [0.5, 0.6) is 0 Å². The number of aliphatic hydroxyl groups excluding tert-OH is 2. The van der Waals surface area contributed by atoms with Gasteiger partial charge in [0.1, 0.15) is 30.6 Å².